The largest absolute Gasteiger partial charge is 0.508 e. The van der Waals surface area contributed by atoms with E-state index in [1.807, 2.05) is 32.0 Å². The van der Waals surface area contributed by atoms with Crippen LogP contribution in [0.1, 0.15) is 37.0 Å². The molecule has 2 aromatic carbocycles. The molecule has 0 aromatic heterocycles. The minimum atomic E-state index is -2.56. The highest BCUT2D eigenvalue weighted by Gasteiger charge is 2.54. The Labute approximate surface area is 179 Å². The van der Waals surface area contributed by atoms with Crippen molar-refractivity contribution >= 4 is 17.5 Å². The van der Waals surface area contributed by atoms with Gasteiger partial charge in [-0.3, -0.25) is 0 Å². The van der Waals surface area contributed by atoms with Crippen molar-refractivity contribution < 1.29 is 34.0 Å². The van der Waals surface area contributed by atoms with Crippen molar-refractivity contribution in [2.45, 2.75) is 44.5 Å². The van der Waals surface area contributed by atoms with Gasteiger partial charge >= 0.3 is 17.7 Å². The second-order valence-corrected chi connectivity index (χ2v) is 8.41. The molecule has 0 spiro atoms. The normalized spacial score (nSPS) is 21.9. The Balaban J connectivity index is 1.77. The number of hydrogen-bond acceptors (Lipinski definition) is 7. The number of carbonyl (C=O) groups is 2. The fraction of sp³-hybridized carbons (Fsp3) is 0.333. The van der Waals surface area contributed by atoms with E-state index in [-0.39, 0.29) is 28.9 Å². The van der Waals surface area contributed by atoms with Gasteiger partial charge in [0.15, 0.2) is 0 Å². The molecule has 31 heavy (non-hydrogen) atoms. The number of ether oxygens (including phenoxy) is 3. The molecule has 1 atom stereocenters. The van der Waals surface area contributed by atoms with Crippen LogP contribution >= 0.6 is 0 Å². The summed E-state index contributed by atoms with van der Waals surface area (Å²) in [7, 11) is 1.10. The molecule has 2 heterocycles. The van der Waals surface area contributed by atoms with Crippen LogP contribution in [0.25, 0.3) is 5.57 Å². The summed E-state index contributed by atoms with van der Waals surface area (Å²) in [5.41, 5.74) is 2.16. The Bertz CT molecular complexity index is 1080. The molecule has 2 aliphatic heterocycles. The molecule has 0 saturated heterocycles. The minimum Gasteiger partial charge on any atom is -0.508 e. The number of aromatic hydroxyl groups is 1. The topological polar surface area (TPSA) is 102 Å². The second kappa shape index (κ2) is 7.42. The van der Waals surface area contributed by atoms with Crippen molar-refractivity contribution in [2.24, 2.45) is 0 Å². The lowest BCUT2D eigenvalue weighted by atomic mass is 9.89. The second-order valence-electron chi connectivity index (χ2n) is 8.41. The lowest BCUT2D eigenvalue weighted by Gasteiger charge is -2.32. The van der Waals surface area contributed by atoms with Crippen LogP contribution in [0.4, 0.5) is 0 Å². The Morgan fingerprint density at radius 2 is 1.84 bits per heavy atom. The average Bonchev–Trinajstić information content (AvgIpc) is 2.98. The molecule has 0 radical (unpaired) electrons. The Morgan fingerprint density at radius 1 is 1.13 bits per heavy atom. The predicted octanol–water partition coefficient (Wildman–Crippen LogP) is 2.91. The molecule has 0 amide bonds. The van der Waals surface area contributed by atoms with Gasteiger partial charge < -0.3 is 24.4 Å². The zero-order chi connectivity index (χ0) is 22.4. The summed E-state index contributed by atoms with van der Waals surface area (Å²) in [6.45, 7) is 4.08. The first kappa shape index (κ1) is 20.9. The van der Waals surface area contributed by atoms with Gasteiger partial charge in [-0.1, -0.05) is 24.3 Å². The van der Waals surface area contributed by atoms with Crippen LogP contribution in [0.2, 0.25) is 0 Å². The van der Waals surface area contributed by atoms with Crippen molar-refractivity contribution in [1.29, 1.82) is 0 Å². The zero-order valence-electron chi connectivity index (χ0n) is 17.6. The van der Waals surface area contributed by atoms with Gasteiger partial charge in [0.05, 0.1) is 18.3 Å². The summed E-state index contributed by atoms with van der Waals surface area (Å²) in [4.78, 5) is 25.1. The SMILES string of the molecule is COC(=O)[C@@]1(O)OC(=O)C(Cc2ccc3c(c2)CCC(C)(C)O3)=C1c1ccc(O)cc1. The van der Waals surface area contributed by atoms with Crippen LogP contribution in [0, 0.1) is 0 Å². The van der Waals surface area contributed by atoms with E-state index in [2.05, 4.69) is 4.74 Å². The minimum absolute atomic E-state index is 0.00959. The molecule has 0 unspecified atom stereocenters. The number of rotatable bonds is 4. The first-order chi connectivity index (χ1) is 14.6. The Hall–Kier alpha value is -3.32. The summed E-state index contributed by atoms with van der Waals surface area (Å²) in [5.74, 6) is -3.63. The van der Waals surface area contributed by atoms with Gasteiger partial charge in [-0.25, -0.2) is 9.59 Å². The Kier molecular flexibility index (Phi) is 5.01. The van der Waals surface area contributed by atoms with Gasteiger partial charge in [0.25, 0.3) is 0 Å². The standard InChI is InChI=1S/C24H24O7/c1-23(2)11-10-16-12-14(4-9-19(16)30-23)13-18-20(15-5-7-17(25)8-6-15)24(28,22(27)29-3)31-21(18)26/h4-9,12,25,28H,10-11,13H2,1-3H3/t24-/m0/s1. The number of methoxy groups -OCH3 is 1. The number of fused-ring (bicyclic) bond motifs is 1. The van der Waals surface area contributed by atoms with Crippen molar-refractivity contribution in [2.75, 3.05) is 7.11 Å². The molecule has 2 N–H and O–H groups in total. The van der Waals surface area contributed by atoms with Gasteiger partial charge in [-0.2, -0.15) is 0 Å². The van der Waals surface area contributed by atoms with Crippen LogP contribution < -0.4 is 4.74 Å². The third-order valence-electron chi connectivity index (χ3n) is 5.63. The highest BCUT2D eigenvalue weighted by molar-refractivity contribution is 6.11. The number of carbonyl (C=O) groups excluding carboxylic acids is 2. The summed E-state index contributed by atoms with van der Waals surface area (Å²) in [6, 6.07) is 11.5. The number of phenolic OH excluding ortho intramolecular Hbond substituents is 1. The van der Waals surface area contributed by atoms with E-state index in [1.54, 1.807) is 0 Å². The smallest absolute Gasteiger partial charge is 0.384 e. The number of aliphatic hydroxyl groups is 1. The number of phenols is 1. The number of benzene rings is 2. The number of hydrogen-bond donors (Lipinski definition) is 2. The van der Waals surface area contributed by atoms with E-state index in [1.165, 1.54) is 24.3 Å². The maximum atomic E-state index is 12.7. The Morgan fingerprint density at radius 3 is 2.52 bits per heavy atom. The summed E-state index contributed by atoms with van der Waals surface area (Å²) in [5, 5.41) is 20.6. The molecule has 0 saturated carbocycles. The van der Waals surface area contributed by atoms with E-state index in [4.69, 9.17) is 9.47 Å². The third kappa shape index (κ3) is 3.77. The number of esters is 2. The number of cyclic esters (lactones) is 1. The van der Waals surface area contributed by atoms with Crippen molar-refractivity contribution in [3.05, 3.63) is 64.7 Å². The predicted molar refractivity (Wildman–Crippen MR) is 111 cm³/mol. The van der Waals surface area contributed by atoms with E-state index >= 15 is 0 Å². The van der Waals surface area contributed by atoms with Gasteiger partial charge in [-0.15, -0.1) is 0 Å². The summed E-state index contributed by atoms with van der Waals surface area (Å²) in [6.07, 6.45) is 1.86. The molecule has 0 bridgehead atoms. The van der Waals surface area contributed by atoms with Gasteiger partial charge in [0.1, 0.15) is 17.1 Å². The molecular weight excluding hydrogens is 400 g/mol. The summed E-state index contributed by atoms with van der Waals surface area (Å²) < 4.78 is 15.8. The maximum absolute atomic E-state index is 12.7. The number of aryl methyl sites for hydroxylation is 1. The molecule has 7 heteroatoms. The molecular formula is C24H24O7. The highest BCUT2D eigenvalue weighted by atomic mass is 16.7. The fourth-order valence-electron chi connectivity index (χ4n) is 4.02. The zero-order valence-corrected chi connectivity index (χ0v) is 17.6. The third-order valence-corrected chi connectivity index (χ3v) is 5.63. The van der Waals surface area contributed by atoms with E-state index < -0.39 is 17.7 Å². The summed E-state index contributed by atoms with van der Waals surface area (Å²) >= 11 is 0. The van der Waals surface area contributed by atoms with Gasteiger partial charge in [-0.05, 0) is 61.6 Å². The average molecular weight is 424 g/mol. The maximum Gasteiger partial charge on any atom is 0.384 e. The van der Waals surface area contributed by atoms with Gasteiger partial charge in [0, 0.05) is 6.42 Å². The van der Waals surface area contributed by atoms with Crippen molar-refractivity contribution in [3.63, 3.8) is 0 Å². The molecule has 4 rings (SSSR count). The van der Waals surface area contributed by atoms with Crippen LogP contribution in [-0.2, 0) is 31.9 Å². The first-order valence-corrected chi connectivity index (χ1v) is 10.0. The molecule has 0 aliphatic carbocycles. The van der Waals surface area contributed by atoms with Crippen LogP contribution in [-0.4, -0.2) is 40.6 Å². The van der Waals surface area contributed by atoms with Crippen LogP contribution in [0.3, 0.4) is 0 Å². The molecule has 162 valence electrons. The lowest BCUT2D eigenvalue weighted by Crippen LogP contribution is -2.41. The lowest BCUT2D eigenvalue weighted by molar-refractivity contribution is -0.200. The molecule has 2 aliphatic rings. The van der Waals surface area contributed by atoms with E-state index in [0.29, 0.717) is 5.56 Å². The molecule has 0 fully saturated rings. The van der Waals surface area contributed by atoms with E-state index in [9.17, 15) is 19.8 Å². The highest BCUT2D eigenvalue weighted by Crippen LogP contribution is 2.41. The monoisotopic (exact) mass is 424 g/mol. The van der Waals surface area contributed by atoms with E-state index in [0.717, 1.165) is 36.8 Å². The first-order valence-electron chi connectivity index (χ1n) is 10.0. The van der Waals surface area contributed by atoms with Crippen molar-refractivity contribution in [1.82, 2.24) is 0 Å². The van der Waals surface area contributed by atoms with Crippen LogP contribution in [0.15, 0.2) is 48.0 Å². The van der Waals surface area contributed by atoms with Gasteiger partial charge in [0.2, 0.25) is 0 Å². The van der Waals surface area contributed by atoms with Crippen LogP contribution in [0.5, 0.6) is 11.5 Å². The molecule has 2 aromatic rings. The molecule has 7 nitrogen and oxygen atoms in total. The fourth-order valence-corrected chi connectivity index (χ4v) is 4.02. The quantitative estimate of drug-likeness (QED) is 0.728. The van der Waals surface area contributed by atoms with Crippen molar-refractivity contribution in [3.8, 4) is 11.5 Å².